The molecule has 2 heterocycles. The Balaban J connectivity index is 1.42. The third-order valence-corrected chi connectivity index (χ3v) is 5.31. The number of carbonyl (C=O) groups is 3. The molecule has 6 heteroatoms. The Morgan fingerprint density at radius 2 is 2.10 bits per heavy atom. The largest absolute Gasteiger partial charge is 0.340 e. The second-order valence-corrected chi connectivity index (χ2v) is 6.54. The van der Waals surface area contributed by atoms with Gasteiger partial charge in [-0.3, -0.25) is 14.5 Å². The van der Waals surface area contributed by atoms with Crippen molar-refractivity contribution in [1.29, 1.82) is 0 Å². The lowest BCUT2D eigenvalue weighted by Crippen LogP contribution is -2.44. The summed E-state index contributed by atoms with van der Waals surface area (Å²) in [5, 5.41) is 2.54. The molecule has 3 fully saturated rings. The molecular formula is C15H19N3O3. The highest BCUT2D eigenvalue weighted by Crippen LogP contribution is 2.44. The molecule has 0 aromatic heterocycles. The highest BCUT2D eigenvalue weighted by molar-refractivity contribution is 6.02. The van der Waals surface area contributed by atoms with Crippen molar-refractivity contribution < 1.29 is 14.4 Å². The molecule has 2 aliphatic carbocycles. The number of fused-ring (bicyclic) bond motifs is 2. The number of allylic oxidation sites excluding steroid dienone is 2. The summed E-state index contributed by atoms with van der Waals surface area (Å²) in [4.78, 5) is 39.2. The number of nitrogens with one attached hydrogen (secondary N) is 1. The van der Waals surface area contributed by atoms with Gasteiger partial charge in [-0.25, -0.2) is 4.79 Å². The molecule has 0 spiro atoms. The van der Waals surface area contributed by atoms with Crippen molar-refractivity contribution in [2.75, 3.05) is 19.6 Å². The van der Waals surface area contributed by atoms with Crippen LogP contribution in [0.25, 0.3) is 0 Å². The van der Waals surface area contributed by atoms with E-state index in [1.165, 1.54) is 4.90 Å². The van der Waals surface area contributed by atoms with Crippen molar-refractivity contribution in [1.82, 2.24) is 15.1 Å². The predicted molar refractivity (Wildman–Crippen MR) is 74.1 cm³/mol. The molecule has 112 valence electrons. The fourth-order valence-corrected chi connectivity index (χ4v) is 4.26. The monoisotopic (exact) mass is 289 g/mol. The van der Waals surface area contributed by atoms with Gasteiger partial charge in [0.05, 0.1) is 12.6 Å². The molecule has 2 aliphatic heterocycles. The van der Waals surface area contributed by atoms with E-state index >= 15 is 0 Å². The summed E-state index contributed by atoms with van der Waals surface area (Å²) in [5.74, 6) is 1.12. The van der Waals surface area contributed by atoms with E-state index in [-0.39, 0.29) is 36.3 Å². The van der Waals surface area contributed by atoms with Gasteiger partial charge in [0.15, 0.2) is 0 Å². The maximum absolute atomic E-state index is 12.6. The van der Waals surface area contributed by atoms with Crippen molar-refractivity contribution in [2.45, 2.75) is 25.3 Å². The molecule has 4 rings (SSSR count). The summed E-state index contributed by atoms with van der Waals surface area (Å²) >= 11 is 0. The Labute approximate surface area is 123 Å². The first kappa shape index (κ1) is 12.9. The van der Waals surface area contributed by atoms with Crippen LogP contribution < -0.4 is 5.32 Å². The molecule has 1 N–H and O–H groups in total. The second-order valence-electron chi connectivity index (χ2n) is 6.54. The van der Waals surface area contributed by atoms with E-state index in [9.17, 15) is 14.4 Å². The lowest BCUT2D eigenvalue weighted by Gasteiger charge is -2.25. The lowest BCUT2D eigenvalue weighted by atomic mass is 9.92. The van der Waals surface area contributed by atoms with E-state index in [1.807, 2.05) is 4.90 Å². The van der Waals surface area contributed by atoms with E-state index in [0.29, 0.717) is 31.3 Å². The second kappa shape index (κ2) is 4.58. The molecule has 0 aromatic rings. The van der Waals surface area contributed by atoms with Crippen LogP contribution in [-0.4, -0.2) is 53.3 Å². The molecule has 4 aliphatic rings. The first-order valence-corrected chi connectivity index (χ1v) is 7.70. The van der Waals surface area contributed by atoms with Crippen LogP contribution in [0.15, 0.2) is 12.2 Å². The molecule has 2 bridgehead atoms. The van der Waals surface area contributed by atoms with Gasteiger partial charge in [-0.2, -0.15) is 0 Å². The Hall–Kier alpha value is -1.85. The van der Waals surface area contributed by atoms with E-state index in [2.05, 4.69) is 17.5 Å². The lowest BCUT2D eigenvalue weighted by molar-refractivity contribution is -0.136. The number of carbonyl (C=O) groups excluding carboxylic acids is 3. The van der Waals surface area contributed by atoms with Crippen LogP contribution in [0.4, 0.5) is 4.79 Å². The Morgan fingerprint density at radius 1 is 1.24 bits per heavy atom. The number of urea groups is 1. The number of rotatable bonds is 2. The van der Waals surface area contributed by atoms with Crippen LogP contribution in [0, 0.1) is 17.8 Å². The van der Waals surface area contributed by atoms with Crippen molar-refractivity contribution in [3.63, 3.8) is 0 Å². The van der Waals surface area contributed by atoms with Gasteiger partial charge >= 0.3 is 6.03 Å². The number of likely N-dealkylation sites (tertiary alicyclic amines) is 1. The van der Waals surface area contributed by atoms with Gasteiger partial charge in [-0.05, 0) is 31.1 Å². The number of imide groups is 1. The molecule has 21 heavy (non-hydrogen) atoms. The van der Waals surface area contributed by atoms with Gasteiger partial charge in [-0.15, -0.1) is 0 Å². The molecule has 4 unspecified atom stereocenters. The summed E-state index contributed by atoms with van der Waals surface area (Å²) in [6.07, 6.45) is 7.18. The molecule has 0 aromatic carbocycles. The predicted octanol–water partition coefficient (Wildman–Crippen LogP) is 0.351. The molecule has 0 radical (unpaired) electrons. The van der Waals surface area contributed by atoms with E-state index in [1.54, 1.807) is 0 Å². The zero-order chi connectivity index (χ0) is 14.6. The smallest absolute Gasteiger partial charge is 0.324 e. The summed E-state index contributed by atoms with van der Waals surface area (Å²) in [6, 6.07) is -0.472. The van der Waals surface area contributed by atoms with Gasteiger partial charge in [0.25, 0.3) is 0 Å². The van der Waals surface area contributed by atoms with Crippen LogP contribution in [0.1, 0.15) is 19.3 Å². The van der Waals surface area contributed by atoms with Gasteiger partial charge in [-0.1, -0.05) is 12.2 Å². The average molecular weight is 289 g/mol. The first-order valence-electron chi connectivity index (χ1n) is 7.70. The summed E-state index contributed by atoms with van der Waals surface area (Å²) < 4.78 is 0. The van der Waals surface area contributed by atoms with Gasteiger partial charge < -0.3 is 10.2 Å². The number of hydrogen-bond donors (Lipinski definition) is 1. The van der Waals surface area contributed by atoms with Gasteiger partial charge in [0.1, 0.15) is 0 Å². The van der Waals surface area contributed by atoms with Gasteiger partial charge in [0, 0.05) is 19.0 Å². The summed E-state index contributed by atoms with van der Waals surface area (Å²) in [7, 11) is 0. The summed E-state index contributed by atoms with van der Waals surface area (Å²) in [5.41, 5.74) is 0. The van der Waals surface area contributed by atoms with Crippen LogP contribution >= 0.6 is 0 Å². The van der Waals surface area contributed by atoms with Crippen LogP contribution in [0.2, 0.25) is 0 Å². The van der Waals surface area contributed by atoms with Crippen molar-refractivity contribution in [3.05, 3.63) is 12.2 Å². The van der Waals surface area contributed by atoms with Crippen molar-refractivity contribution in [2.24, 2.45) is 17.8 Å². The standard InChI is InChI=1S/C15H19N3O3/c19-13-7-16-15(21)18(13)11-3-4-17(8-11)14(20)12-6-9-1-2-10(12)5-9/h1-2,9-12H,3-8H2,(H,16,21). The van der Waals surface area contributed by atoms with Crippen molar-refractivity contribution >= 4 is 17.8 Å². The zero-order valence-electron chi connectivity index (χ0n) is 11.8. The first-order chi connectivity index (χ1) is 10.1. The number of hydrogen-bond acceptors (Lipinski definition) is 3. The highest BCUT2D eigenvalue weighted by Gasteiger charge is 2.45. The Morgan fingerprint density at radius 3 is 2.71 bits per heavy atom. The topological polar surface area (TPSA) is 69.7 Å². The fraction of sp³-hybridized carbons (Fsp3) is 0.667. The summed E-state index contributed by atoms with van der Waals surface area (Å²) in [6.45, 7) is 1.23. The third kappa shape index (κ3) is 1.96. The Bertz CT molecular complexity index is 528. The molecule has 1 saturated carbocycles. The Kier molecular flexibility index (Phi) is 2.80. The van der Waals surface area contributed by atoms with E-state index in [4.69, 9.17) is 0 Å². The SMILES string of the molecule is O=C(C1CC2C=CC1C2)N1CCC(N2C(=O)CNC2=O)C1. The molecule has 4 amide bonds. The maximum atomic E-state index is 12.6. The maximum Gasteiger partial charge on any atom is 0.324 e. The van der Waals surface area contributed by atoms with E-state index in [0.717, 1.165) is 12.8 Å². The molecule has 2 saturated heterocycles. The minimum atomic E-state index is -0.317. The van der Waals surface area contributed by atoms with Gasteiger partial charge in [0.2, 0.25) is 11.8 Å². The quantitative estimate of drug-likeness (QED) is 0.589. The third-order valence-electron chi connectivity index (χ3n) is 5.31. The minimum Gasteiger partial charge on any atom is -0.340 e. The molecule has 6 nitrogen and oxygen atoms in total. The zero-order valence-corrected chi connectivity index (χ0v) is 11.8. The van der Waals surface area contributed by atoms with E-state index < -0.39 is 0 Å². The van der Waals surface area contributed by atoms with Crippen LogP contribution in [0.5, 0.6) is 0 Å². The number of nitrogens with zero attached hydrogens (tertiary/aromatic N) is 2. The minimum absolute atomic E-state index is 0.0838. The molecule has 4 atom stereocenters. The normalized spacial score (nSPS) is 37.7. The van der Waals surface area contributed by atoms with Crippen LogP contribution in [-0.2, 0) is 9.59 Å². The van der Waals surface area contributed by atoms with Crippen LogP contribution in [0.3, 0.4) is 0 Å². The fourth-order valence-electron chi connectivity index (χ4n) is 4.26. The van der Waals surface area contributed by atoms with Crippen molar-refractivity contribution in [3.8, 4) is 0 Å². The molecular weight excluding hydrogens is 270 g/mol. The average Bonchev–Trinajstić information content (AvgIpc) is 3.22. The number of amides is 4. The highest BCUT2D eigenvalue weighted by atomic mass is 16.2.